The summed E-state index contributed by atoms with van der Waals surface area (Å²) in [4.78, 5) is 23.3. The van der Waals surface area contributed by atoms with E-state index in [-0.39, 0.29) is 11.3 Å². The van der Waals surface area contributed by atoms with Crippen LogP contribution in [0.3, 0.4) is 0 Å². The third-order valence-corrected chi connectivity index (χ3v) is 2.98. The molecule has 1 amide bonds. The van der Waals surface area contributed by atoms with Gasteiger partial charge in [0.2, 0.25) is 0 Å². The molecule has 0 aliphatic carbocycles. The van der Waals surface area contributed by atoms with E-state index in [1.165, 1.54) is 19.2 Å². The van der Waals surface area contributed by atoms with Crippen molar-refractivity contribution in [3.63, 3.8) is 0 Å². The molecule has 6 nitrogen and oxygen atoms in total. The monoisotopic (exact) mass is 307 g/mol. The maximum atomic E-state index is 12.0. The SMILES string of the molecule is CCOc1ccc(NC(=O)c2ccc(=O)n(C)n2)cc1Cl. The standard InChI is InChI=1S/C14H14ClN3O3/c1-3-21-12-6-4-9(8-10(12)15)16-14(20)11-5-7-13(19)18(2)17-11/h4-8H,3H2,1-2H3,(H,16,20). The van der Waals surface area contributed by atoms with Crippen molar-refractivity contribution in [2.24, 2.45) is 7.05 Å². The Hall–Kier alpha value is -2.34. The first-order chi connectivity index (χ1) is 10.0. The van der Waals surface area contributed by atoms with Crippen LogP contribution in [0.2, 0.25) is 5.02 Å². The van der Waals surface area contributed by atoms with Crippen molar-refractivity contribution in [3.05, 3.63) is 51.4 Å². The first-order valence-corrected chi connectivity index (χ1v) is 6.67. The van der Waals surface area contributed by atoms with Crippen LogP contribution in [0.4, 0.5) is 5.69 Å². The molecule has 0 atom stereocenters. The van der Waals surface area contributed by atoms with Gasteiger partial charge in [-0.15, -0.1) is 0 Å². The van der Waals surface area contributed by atoms with Crippen LogP contribution in [0.25, 0.3) is 0 Å². The number of hydrogen-bond acceptors (Lipinski definition) is 4. The maximum absolute atomic E-state index is 12.0. The third kappa shape index (κ3) is 3.61. The molecule has 110 valence electrons. The van der Waals surface area contributed by atoms with Crippen molar-refractivity contribution in [2.45, 2.75) is 6.92 Å². The number of rotatable bonds is 4. The lowest BCUT2D eigenvalue weighted by molar-refractivity contribution is 0.102. The molecule has 0 bridgehead atoms. The van der Waals surface area contributed by atoms with Crippen LogP contribution in [0.1, 0.15) is 17.4 Å². The number of carbonyl (C=O) groups is 1. The number of halogens is 1. The quantitative estimate of drug-likeness (QED) is 0.938. The normalized spacial score (nSPS) is 10.2. The molecular formula is C14H14ClN3O3. The molecule has 2 aromatic rings. The van der Waals surface area contributed by atoms with Crippen LogP contribution in [0.15, 0.2) is 35.1 Å². The molecule has 0 fully saturated rings. The van der Waals surface area contributed by atoms with E-state index in [1.807, 2.05) is 6.92 Å². The van der Waals surface area contributed by atoms with Crippen molar-refractivity contribution >= 4 is 23.2 Å². The minimum Gasteiger partial charge on any atom is -0.492 e. The highest BCUT2D eigenvalue weighted by molar-refractivity contribution is 6.32. The van der Waals surface area contributed by atoms with Crippen molar-refractivity contribution in [1.82, 2.24) is 9.78 Å². The number of hydrogen-bond donors (Lipinski definition) is 1. The Morgan fingerprint density at radius 1 is 1.38 bits per heavy atom. The van der Waals surface area contributed by atoms with Gasteiger partial charge < -0.3 is 10.1 Å². The van der Waals surface area contributed by atoms with Gasteiger partial charge in [0.25, 0.3) is 11.5 Å². The van der Waals surface area contributed by atoms with Gasteiger partial charge in [-0.25, -0.2) is 4.68 Å². The lowest BCUT2D eigenvalue weighted by atomic mass is 10.3. The fourth-order valence-electron chi connectivity index (χ4n) is 1.67. The number of nitrogens with zero attached hydrogens (tertiary/aromatic N) is 2. The largest absolute Gasteiger partial charge is 0.492 e. The summed E-state index contributed by atoms with van der Waals surface area (Å²) < 4.78 is 6.41. The van der Waals surface area contributed by atoms with Gasteiger partial charge in [0.05, 0.1) is 11.6 Å². The van der Waals surface area contributed by atoms with E-state index in [1.54, 1.807) is 18.2 Å². The molecule has 0 radical (unpaired) electrons. The molecule has 21 heavy (non-hydrogen) atoms. The van der Waals surface area contributed by atoms with E-state index in [0.717, 1.165) is 4.68 Å². The van der Waals surface area contributed by atoms with Gasteiger partial charge in [0.15, 0.2) is 0 Å². The van der Waals surface area contributed by atoms with Gasteiger partial charge in [-0.3, -0.25) is 9.59 Å². The third-order valence-electron chi connectivity index (χ3n) is 2.68. The van der Waals surface area contributed by atoms with Crippen molar-refractivity contribution in [3.8, 4) is 5.75 Å². The first-order valence-electron chi connectivity index (χ1n) is 6.29. The zero-order valence-corrected chi connectivity index (χ0v) is 12.3. The summed E-state index contributed by atoms with van der Waals surface area (Å²) in [7, 11) is 1.48. The van der Waals surface area contributed by atoms with Crippen LogP contribution >= 0.6 is 11.6 Å². The fourth-order valence-corrected chi connectivity index (χ4v) is 1.90. The van der Waals surface area contributed by atoms with Crippen LogP contribution in [0, 0.1) is 0 Å². The summed E-state index contributed by atoms with van der Waals surface area (Å²) in [6, 6.07) is 7.60. The van der Waals surface area contributed by atoms with Gasteiger partial charge in [-0.1, -0.05) is 11.6 Å². The van der Waals surface area contributed by atoms with Crippen molar-refractivity contribution in [2.75, 3.05) is 11.9 Å². The van der Waals surface area contributed by atoms with E-state index in [4.69, 9.17) is 16.3 Å². The summed E-state index contributed by atoms with van der Waals surface area (Å²) in [6.45, 7) is 2.37. The lowest BCUT2D eigenvalue weighted by Crippen LogP contribution is -2.23. The highest BCUT2D eigenvalue weighted by Gasteiger charge is 2.10. The lowest BCUT2D eigenvalue weighted by Gasteiger charge is -2.09. The first kappa shape index (κ1) is 15.1. The molecule has 0 spiro atoms. The number of ether oxygens (including phenoxy) is 1. The van der Waals surface area contributed by atoms with Crippen molar-refractivity contribution in [1.29, 1.82) is 0 Å². The van der Waals surface area contributed by atoms with Gasteiger partial charge in [-0.2, -0.15) is 5.10 Å². The summed E-state index contributed by atoms with van der Waals surface area (Å²) in [5, 5.41) is 6.94. The average molecular weight is 308 g/mol. The molecule has 1 heterocycles. The molecule has 2 rings (SSSR count). The zero-order valence-electron chi connectivity index (χ0n) is 11.6. The van der Waals surface area contributed by atoms with Crippen LogP contribution < -0.4 is 15.6 Å². The summed E-state index contributed by atoms with van der Waals surface area (Å²) in [6.07, 6.45) is 0. The Kier molecular flexibility index (Phi) is 4.59. The number of aromatic nitrogens is 2. The second-order valence-corrected chi connectivity index (χ2v) is 4.62. The number of nitrogens with one attached hydrogen (secondary N) is 1. The number of aryl methyl sites for hydroxylation is 1. The van der Waals surface area contributed by atoms with Crippen LogP contribution in [0.5, 0.6) is 5.75 Å². The van der Waals surface area contributed by atoms with E-state index in [2.05, 4.69) is 10.4 Å². The molecule has 1 N–H and O–H groups in total. The van der Waals surface area contributed by atoms with E-state index < -0.39 is 5.91 Å². The molecule has 0 aliphatic heterocycles. The van der Waals surface area contributed by atoms with E-state index in [0.29, 0.717) is 23.1 Å². The molecule has 1 aromatic heterocycles. The highest BCUT2D eigenvalue weighted by Crippen LogP contribution is 2.27. The average Bonchev–Trinajstić information content (AvgIpc) is 2.45. The maximum Gasteiger partial charge on any atom is 0.276 e. The van der Waals surface area contributed by atoms with E-state index in [9.17, 15) is 9.59 Å². The van der Waals surface area contributed by atoms with E-state index >= 15 is 0 Å². The second kappa shape index (κ2) is 6.41. The molecule has 7 heteroatoms. The van der Waals surface area contributed by atoms with Gasteiger partial charge >= 0.3 is 0 Å². The van der Waals surface area contributed by atoms with Gasteiger partial charge in [-0.05, 0) is 31.2 Å². The predicted octanol–water partition coefficient (Wildman–Crippen LogP) is 2.08. The fraction of sp³-hybridized carbons (Fsp3) is 0.214. The van der Waals surface area contributed by atoms with Crippen LogP contribution in [-0.2, 0) is 7.05 Å². The Bertz CT molecular complexity index is 728. The number of amides is 1. The Morgan fingerprint density at radius 3 is 2.76 bits per heavy atom. The number of benzene rings is 1. The number of carbonyl (C=O) groups excluding carboxylic acids is 1. The molecule has 0 saturated heterocycles. The molecule has 0 unspecified atom stereocenters. The summed E-state index contributed by atoms with van der Waals surface area (Å²) in [5.41, 5.74) is 0.377. The Labute approximate surface area is 126 Å². The van der Waals surface area contributed by atoms with Gasteiger partial charge in [0.1, 0.15) is 11.4 Å². The van der Waals surface area contributed by atoms with Crippen molar-refractivity contribution < 1.29 is 9.53 Å². The molecular weight excluding hydrogens is 294 g/mol. The molecule has 0 saturated carbocycles. The molecule has 0 aliphatic rings. The Balaban J connectivity index is 2.17. The summed E-state index contributed by atoms with van der Waals surface area (Å²) >= 11 is 6.05. The molecule has 1 aromatic carbocycles. The zero-order chi connectivity index (χ0) is 15.4. The Morgan fingerprint density at radius 2 is 2.14 bits per heavy atom. The second-order valence-electron chi connectivity index (χ2n) is 4.21. The summed E-state index contributed by atoms with van der Waals surface area (Å²) in [5.74, 6) is 0.128. The number of anilines is 1. The van der Waals surface area contributed by atoms with Gasteiger partial charge in [0, 0.05) is 18.8 Å². The topological polar surface area (TPSA) is 73.2 Å². The minimum absolute atomic E-state index is 0.141. The minimum atomic E-state index is -0.425. The smallest absolute Gasteiger partial charge is 0.276 e. The highest BCUT2D eigenvalue weighted by atomic mass is 35.5. The van der Waals surface area contributed by atoms with Crippen LogP contribution in [-0.4, -0.2) is 22.3 Å². The predicted molar refractivity (Wildman–Crippen MR) is 80.1 cm³/mol.